The Morgan fingerprint density at radius 2 is 2.03 bits per heavy atom. The fourth-order valence-electron chi connectivity index (χ4n) is 4.94. The molecule has 0 amide bonds. The minimum absolute atomic E-state index is 0.0306. The Hall–Kier alpha value is -2.11. The molecule has 1 aromatic rings. The Kier molecular flexibility index (Phi) is 7.95. The lowest BCUT2D eigenvalue weighted by atomic mass is 9.78. The molecule has 0 aliphatic heterocycles. The molecule has 0 saturated heterocycles. The van der Waals surface area contributed by atoms with Crippen molar-refractivity contribution in [2.24, 2.45) is 17.8 Å². The molecule has 5 heteroatoms. The summed E-state index contributed by atoms with van der Waals surface area (Å²) < 4.78 is 5.97. The van der Waals surface area contributed by atoms with Crippen molar-refractivity contribution in [1.82, 2.24) is 0 Å². The first-order chi connectivity index (χ1) is 14.8. The molecule has 0 aromatic heterocycles. The summed E-state index contributed by atoms with van der Waals surface area (Å²) in [7, 11) is 0. The zero-order valence-electron chi connectivity index (χ0n) is 18.6. The van der Waals surface area contributed by atoms with E-state index in [4.69, 9.17) is 4.74 Å². The molecular formula is C26H35O5-. The molecule has 5 nitrogen and oxygen atoms in total. The first kappa shape index (κ1) is 23.6. The van der Waals surface area contributed by atoms with Gasteiger partial charge in [0.05, 0.1) is 6.10 Å². The third-order valence-electron chi connectivity index (χ3n) is 6.73. The molecular weight excluding hydrogens is 392 g/mol. The Morgan fingerprint density at radius 1 is 1.29 bits per heavy atom. The highest BCUT2D eigenvalue weighted by Gasteiger charge is 2.41. The van der Waals surface area contributed by atoms with Gasteiger partial charge in [0, 0.05) is 11.9 Å². The minimum Gasteiger partial charge on any atom is -0.550 e. The molecule has 0 radical (unpaired) electrons. The number of carboxylic acids is 1. The van der Waals surface area contributed by atoms with Crippen LogP contribution < -0.4 is 9.84 Å². The SMILES string of the molecule is CC(C)(Oc1ccccc1)C(O)C=CC1C(O)CC2C=C(CCCCC(=O)[O-])CCC21. The van der Waals surface area contributed by atoms with E-state index in [1.807, 2.05) is 50.3 Å². The molecule has 0 bridgehead atoms. The van der Waals surface area contributed by atoms with E-state index in [0.717, 1.165) is 32.1 Å². The standard InChI is InChI=1S/C26H36O5/c1-26(2,31-20-9-4-3-5-10-20)24(28)15-14-22-21-13-12-18(8-6-7-11-25(29)30)16-19(21)17-23(22)27/h3-5,9-10,14-16,19,21-24,27-28H,6-8,11-13,17H2,1-2H3,(H,29,30)/p-1. The van der Waals surface area contributed by atoms with Crippen molar-refractivity contribution in [3.05, 3.63) is 54.1 Å². The minimum atomic E-state index is -0.981. The number of carboxylic acid groups (broad SMARTS) is 1. The highest BCUT2D eigenvalue weighted by molar-refractivity contribution is 5.64. The lowest BCUT2D eigenvalue weighted by Crippen LogP contribution is -2.41. The van der Waals surface area contributed by atoms with Crippen molar-refractivity contribution in [2.75, 3.05) is 0 Å². The number of ether oxygens (including phenoxy) is 1. The van der Waals surface area contributed by atoms with Gasteiger partial charge in [0.25, 0.3) is 0 Å². The van der Waals surface area contributed by atoms with Gasteiger partial charge < -0.3 is 24.9 Å². The quantitative estimate of drug-likeness (QED) is 0.441. The molecule has 0 heterocycles. The third kappa shape index (κ3) is 6.44. The highest BCUT2D eigenvalue weighted by atomic mass is 16.5. The molecule has 0 spiro atoms. The summed E-state index contributed by atoms with van der Waals surface area (Å²) in [6.45, 7) is 3.72. The molecule has 2 N–H and O–H groups in total. The van der Waals surface area contributed by atoms with Crippen LogP contribution in [0.15, 0.2) is 54.1 Å². The molecule has 2 aliphatic carbocycles. The molecule has 1 fully saturated rings. The van der Waals surface area contributed by atoms with E-state index in [1.54, 1.807) is 6.08 Å². The maximum absolute atomic E-state index is 10.7. The summed E-state index contributed by atoms with van der Waals surface area (Å²) in [5.74, 6) is 0.489. The zero-order chi connectivity index (χ0) is 22.4. The average Bonchev–Trinajstić information content (AvgIpc) is 3.03. The van der Waals surface area contributed by atoms with Gasteiger partial charge in [0.15, 0.2) is 0 Å². The lowest BCUT2D eigenvalue weighted by molar-refractivity contribution is -0.305. The molecule has 2 aliphatic rings. The van der Waals surface area contributed by atoms with E-state index >= 15 is 0 Å². The van der Waals surface area contributed by atoms with E-state index in [9.17, 15) is 20.1 Å². The van der Waals surface area contributed by atoms with Crippen LogP contribution in [-0.2, 0) is 4.79 Å². The highest BCUT2D eigenvalue weighted by Crippen LogP contribution is 2.46. The number of rotatable bonds is 10. The van der Waals surface area contributed by atoms with Crippen LogP contribution in [0.2, 0.25) is 0 Å². The number of aliphatic hydroxyl groups excluding tert-OH is 2. The van der Waals surface area contributed by atoms with Crippen molar-refractivity contribution in [3.63, 3.8) is 0 Å². The number of unbranched alkanes of at least 4 members (excludes halogenated alkanes) is 1. The van der Waals surface area contributed by atoms with Gasteiger partial charge in [-0.1, -0.05) is 42.0 Å². The van der Waals surface area contributed by atoms with Crippen LogP contribution in [-0.4, -0.2) is 34.0 Å². The van der Waals surface area contributed by atoms with Crippen LogP contribution in [0.4, 0.5) is 0 Å². The summed E-state index contributed by atoms with van der Waals surface area (Å²) in [5, 5.41) is 31.9. The van der Waals surface area contributed by atoms with Crippen LogP contribution in [0.25, 0.3) is 0 Å². The molecule has 3 rings (SSSR count). The normalized spacial score (nSPS) is 27.0. The molecule has 1 saturated carbocycles. The Morgan fingerprint density at radius 3 is 2.74 bits per heavy atom. The van der Waals surface area contributed by atoms with Crippen molar-refractivity contribution in [3.8, 4) is 5.75 Å². The van der Waals surface area contributed by atoms with Crippen LogP contribution >= 0.6 is 0 Å². The second kappa shape index (κ2) is 10.5. The predicted octanol–water partition coefficient (Wildman–Crippen LogP) is 3.40. The fourth-order valence-corrected chi connectivity index (χ4v) is 4.94. The van der Waals surface area contributed by atoms with E-state index in [-0.39, 0.29) is 12.3 Å². The van der Waals surface area contributed by atoms with Gasteiger partial charge in [0.1, 0.15) is 17.5 Å². The largest absolute Gasteiger partial charge is 0.550 e. The molecule has 5 atom stereocenters. The predicted molar refractivity (Wildman–Crippen MR) is 118 cm³/mol. The number of carbonyl (C=O) groups is 1. The maximum Gasteiger partial charge on any atom is 0.133 e. The molecule has 31 heavy (non-hydrogen) atoms. The lowest BCUT2D eigenvalue weighted by Gasteiger charge is -2.31. The Labute approximate surface area is 185 Å². The number of para-hydroxylation sites is 1. The number of aliphatic hydroxyl groups is 2. The van der Waals surface area contributed by atoms with E-state index in [1.165, 1.54) is 5.57 Å². The molecule has 170 valence electrons. The van der Waals surface area contributed by atoms with Gasteiger partial charge >= 0.3 is 0 Å². The van der Waals surface area contributed by atoms with Gasteiger partial charge in [-0.25, -0.2) is 0 Å². The number of fused-ring (bicyclic) bond motifs is 1. The molecule has 5 unspecified atom stereocenters. The zero-order valence-corrected chi connectivity index (χ0v) is 18.6. The Balaban J connectivity index is 1.56. The van der Waals surface area contributed by atoms with Gasteiger partial charge in [-0.2, -0.15) is 0 Å². The fraction of sp³-hybridized carbons (Fsp3) is 0.577. The second-order valence-electron chi connectivity index (χ2n) is 9.50. The second-order valence-corrected chi connectivity index (χ2v) is 9.50. The van der Waals surface area contributed by atoms with Gasteiger partial charge in [-0.05, 0) is 82.8 Å². The Bertz CT molecular complexity index is 782. The summed E-state index contributed by atoms with van der Waals surface area (Å²) >= 11 is 0. The van der Waals surface area contributed by atoms with Crippen LogP contribution in [0.1, 0.15) is 58.8 Å². The van der Waals surface area contributed by atoms with Gasteiger partial charge in [-0.3, -0.25) is 0 Å². The summed E-state index contributed by atoms with van der Waals surface area (Å²) in [6, 6.07) is 9.46. The number of hydrogen-bond acceptors (Lipinski definition) is 5. The van der Waals surface area contributed by atoms with Crippen molar-refractivity contribution in [2.45, 2.75) is 76.6 Å². The molecule has 1 aromatic carbocycles. The first-order valence-electron chi connectivity index (χ1n) is 11.4. The topological polar surface area (TPSA) is 89.8 Å². The summed E-state index contributed by atoms with van der Waals surface area (Å²) in [4.78, 5) is 10.5. The van der Waals surface area contributed by atoms with Crippen molar-refractivity contribution in [1.29, 1.82) is 0 Å². The summed E-state index contributed by atoms with van der Waals surface area (Å²) in [5.41, 5.74) is 0.597. The monoisotopic (exact) mass is 427 g/mol. The number of hydrogen-bond donors (Lipinski definition) is 2. The van der Waals surface area contributed by atoms with Crippen molar-refractivity contribution < 1.29 is 24.9 Å². The van der Waals surface area contributed by atoms with Gasteiger partial charge in [-0.15, -0.1) is 0 Å². The number of carbonyl (C=O) groups excluding carboxylic acids is 1. The van der Waals surface area contributed by atoms with Gasteiger partial charge in [0.2, 0.25) is 0 Å². The summed E-state index contributed by atoms with van der Waals surface area (Å²) in [6.07, 6.45) is 10.2. The smallest absolute Gasteiger partial charge is 0.133 e. The van der Waals surface area contributed by atoms with Crippen LogP contribution in [0.3, 0.4) is 0 Å². The third-order valence-corrected chi connectivity index (χ3v) is 6.73. The van der Waals surface area contributed by atoms with Crippen LogP contribution in [0.5, 0.6) is 5.75 Å². The van der Waals surface area contributed by atoms with E-state index < -0.39 is 23.8 Å². The van der Waals surface area contributed by atoms with E-state index in [2.05, 4.69) is 6.08 Å². The number of benzene rings is 1. The number of aliphatic carboxylic acids is 1. The number of allylic oxidation sites excluding steroid dienone is 2. The van der Waals surface area contributed by atoms with Crippen LogP contribution in [0, 0.1) is 17.8 Å². The first-order valence-corrected chi connectivity index (χ1v) is 11.4. The van der Waals surface area contributed by atoms with Crippen molar-refractivity contribution >= 4 is 5.97 Å². The van der Waals surface area contributed by atoms with E-state index in [0.29, 0.717) is 24.0 Å². The maximum atomic E-state index is 10.7. The average molecular weight is 428 g/mol.